The zero-order chi connectivity index (χ0) is 19.8. The summed E-state index contributed by atoms with van der Waals surface area (Å²) in [5.41, 5.74) is 2.27. The Balaban J connectivity index is 1.68. The molecule has 0 aliphatic carbocycles. The smallest absolute Gasteiger partial charge is 0.270 e. The Kier molecular flexibility index (Phi) is 4.89. The summed E-state index contributed by atoms with van der Waals surface area (Å²) >= 11 is 1.39. The first-order valence-corrected chi connectivity index (χ1v) is 10.4. The summed E-state index contributed by atoms with van der Waals surface area (Å²) in [6.07, 6.45) is 6.14. The standard InChI is InChI=1S/C20H22N4O3S/c1-3-15-8-4-5-10-22(15)19(25)18-13(2)23-12-17(21-20(23)28-18)14-7-6-9-16(11-14)24(26)27/h6-7,9,11-12,15H,3-5,8,10H2,1-2H3/t15-/m1/s1. The zero-order valence-electron chi connectivity index (χ0n) is 15.9. The first-order valence-electron chi connectivity index (χ1n) is 9.54. The van der Waals surface area contributed by atoms with Crippen molar-refractivity contribution in [2.24, 2.45) is 0 Å². The lowest BCUT2D eigenvalue weighted by Crippen LogP contribution is -2.43. The molecule has 1 aliphatic heterocycles. The molecule has 146 valence electrons. The van der Waals surface area contributed by atoms with Gasteiger partial charge in [0.05, 0.1) is 10.6 Å². The van der Waals surface area contributed by atoms with E-state index in [2.05, 4.69) is 11.9 Å². The molecule has 8 heteroatoms. The van der Waals surface area contributed by atoms with E-state index in [1.54, 1.807) is 12.1 Å². The van der Waals surface area contributed by atoms with E-state index in [1.807, 2.05) is 22.4 Å². The molecule has 7 nitrogen and oxygen atoms in total. The molecule has 0 unspecified atom stereocenters. The van der Waals surface area contributed by atoms with Gasteiger partial charge in [0.1, 0.15) is 4.88 Å². The van der Waals surface area contributed by atoms with Gasteiger partial charge in [-0.05, 0) is 32.6 Å². The number of nitro groups is 1. The van der Waals surface area contributed by atoms with Gasteiger partial charge in [-0.25, -0.2) is 4.98 Å². The first kappa shape index (κ1) is 18.6. The summed E-state index contributed by atoms with van der Waals surface area (Å²) < 4.78 is 1.91. The Labute approximate surface area is 166 Å². The number of hydrogen-bond donors (Lipinski definition) is 0. The van der Waals surface area contributed by atoms with E-state index in [0.29, 0.717) is 17.3 Å². The predicted molar refractivity (Wildman–Crippen MR) is 109 cm³/mol. The molecular weight excluding hydrogens is 376 g/mol. The molecule has 0 saturated carbocycles. The summed E-state index contributed by atoms with van der Waals surface area (Å²) in [4.78, 5) is 31.9. The number of nitro benzene ring substituents is 1. The first-order chi connectivity index (χ1) is 13.5. The number of carbonyl (C=O) groups is 1. The lowest BCUT2D eigenvalue weighted by atomic mass is 10.00. The molecule has 3 aromatic rings. The molecule has 1 aliphatic rings. The number of piperidine rings is 1. The van der Waals surface area contributed by atoms with Crippen molar-refractivity contribution in [3.05, 3.63) is 51.1 Å². The number of thiazole rings is 1. The van der Waals surface area contributed by atoms with Gasteiger partial charge in [-0.2, -0.15) is 0 Å². The van der Waals surface area contributed by atoms with Gasteiger partial charge < -0.3 is 4.90 Å². The molecule has 0 radical (unpaired) electrons. The van der Waals surface area contributed by atoms with Crippen LogP contribution in [0.25, 0.3) is 16.2 Å². The monoisotopic (exact) mass is 398 g/mol. The summed E-state index contributed by atoms with van der Waals surface area (Å²) in [6, 6.07) is 6.76. The average molecular weight is 398 g/mol. The molecule has 1 amide bonds. The molecule has 0 spiro atoms. The highest BCUT2D eigenvalue weighted by molar-refractivity contribution is 7.19. The third-order valence-corrected chi connectivity index (χ3v) is 6.61. The maximum Gasteiger partial charge on any atom is 0.270 e. The Morgan fingerprint density at radius 1 is 1.39 bits per heavy atom. The number of non-ortho nitro benzene ring substituents is 1. The number of amides is 1. The molecule has 4 rings (SSSR count). The van der Waals surface area contributed by atoms with Crippen LogP contribution in [0.2, 0.25) is 0 Å². The predicted octanol–water partition coefficient (Wildman–Crippen LogP) is 4.68. The third-order valence-electron chi connectivity index (χ3n) is 5.46. The Bertz CT molecular complexity index is 1060. The second-order valence-electron chi connectivity index (χ2n) is 7.16. The Hall–Kier alpha value is -2.74. The SMILES string of the molecule is CC[C@@H]1CCCCN1C(=O)c1sc2nc(-c3cccc([N+](=O)[O-])c3)cn2c1C. The normalized spacial score (nSPS) is 17.2. The van der Waals surface area contributed by atoms with E-state index in [0.717, 1.165) is 41.3 Å². The average Bonchev–Trinajstić information content (AvgIpc) is 3.27. The molecule has 0 N–H and O–H groups in total. The number of rotatable bonds is 4. The van der Waals surface area contributed by atoms with Gasteiger partial charge >= 0.3 is 0 Å². The van der Waals surface area contributed by atoms with Crippen LogP contribution >= 0.6 is 11.3 Å². The highest BCUT2D eigenvalue weighted by Crippen LogP contribution is 2.31. The zero-order valence-corrected chi connectivity index (χ0v) is 16.7. The molecule has 1 aromatic carbocycles. The Morgan fingerprint density at radius 2 is 2.21 bits per heavy atom. The number of benzene rings is 1. The van der Waals surface area contributed by atoms with Crippen LogP contribution in [0.15, 0.2) is 30.5 Å². The maximum atomic E-state index is 13.2. The van der Waals surface area contributed by atoms with Crippen molar-refractivity contribution < 1.29 is 9.72 Å². The third kappa shape index (κ3) is 3.17. The van der Waals surface area contributed by atoms with E-state index in [4.69, 9.17) is 0 Å². The van der Waals surface area contributed by atoms with Crippen molar-refractivity contribution in [1.29, 1.82) is 0 Å². The van der Waals surface area contributed by atoms with Crippen LogP contribution in [0.5, 0.6) is 0 Å². The fourth-order valence-electron chi connectivity index (χ4n) is 3.89. The lowest BCUT2D eigenvalue weighted by molar-refractivity contribution is -0.384. The van der Waals surface area contributed by atoms with Crippen LogP contribution in [-0.2, 0) is 0 Å². The van der Waals surface area contributed by atoms with Crippen molar-refractivity contribution in [2.75, 3.05) is 6.54 Å². The van der Waals surface area contributed by atoms with Crippen molar-refractivity contribution in [2.45, 2.75) is 45.6 Å². The van der Waals surface area contributed by atoms with Crippen LogP contribution in [0.4, 0.5) is 5.69 Å². The molecule has 2 aromatic heterocycles. The molecule has 1 fully saturated rings. The summed E-state index contributed by atoms with van der Waals surface area (Å²) in [5, 5.41) is 11.0. The minimum Gasteiger partial charge on any atom is -0.335 e. The number of hydrogen-bond acceptors (Lipinski definition) is 5. The Morgan fingerprint density at radius 3 is 2.93 bits per heavy atom. The maximum absolute atomic E-state index is 13.2. The minimum absolute atomic E-state index is 0.0390. The van der Waals surface area contributed by atoms with E-state index in [1.165, 1.54) is 29.9 Å². The van der Waals surface area contributed by atoms with Gasteiger partial charge in [0.15, 0.2) is 4.96 Å². The lowest BCUT2D eigenvalue weighted by Gasteiger charge is -2.35. The van der Waals surface area contributed by atoms with Gasteiger partial charge in [-0.15, -0.1) is 0 Å². The van der Waals surface area contributed by atoms with Crippen LogP contribution in [-0.4, -0.2) is 37.7 Å². The summed E-state index contributed by atoms with van der Waals surface area (Å²) in [6.45, 7) is 4.88. The van der Waals surface area contributed by atoms with Crippen molar-refractivity contribution in [1.82, 2.24) is 14.3 Å². The minimum atomic E-state index is -0.410. The van der Waals surface area contributed by atoms with Crippen LogP contribution in [0.3, 0.4) is 0 Å². The number of aromatic nitrogens is 2. The van der Waals surface area contributed by atoms with Crippen LogP contribution in [0, 0.1) is 17.0 Å². The van der Waals surface area contributed by atoms with Gasteiger partial charge in [0, 0.05) is 42.2 Å². The van der Waals surface area contributed by atoms with Crippen molar-refractivity contribution in [3.8, 4) is 11.3 Å². The number of likely N-dealkylation sites (tertiary alicyclic amines) is 1. The van der Waals surface area contributed by atoms with Crippen LogP contribution in [0.1, 0.15) is 48.0 Å². The highest BCUT2D eigenvalue weighted by Gasteiger charge is 2.29. The van der Waals surface area contributed by atoms with Crippen molar-refractivity contribution in [3.63, 3.8) is 0 Å². The molecule has 28 heavy (non-hydrogen) atoms. The molecule has 1 atom stereocenters. The van der Waals surface area contributed by atoms with E-state index >= 15 is 0 Å². The fourth-order valence-corrected chi connectivity index (χ4v) is 4.95. The summed E-state index contributed by atoms with van der Waals surface area (Å²) in [7, 11) is 0. The molecular formula is C20H22N4O3S. The highest BCUT2D eigenvalue weighted by atomic mass is 32.1. The van der Waals surface area contributed by atoms with Crippen molar-refractivity contribution >= 4 is 27.9 Å². The number of aryl methyl sites for hydroxylation is 1. The largest absolute Gasteiger partial charge is 0.335 e. The molecule has 0 bridgehead atoms. The number of fused-ring (bicyclic) bond motifs is 1. The molecule has 1 saturated heterocycles. The second kappa shape index (κ2) is 7.35. The molecule has 3 heterocycles. The number of nitrogens with zero attached hydrogens (tertiary/aromatic N) is 4. The van der Waals surface area contributed by atoms with Gasteiger partial charge in [0.2, 0.25) is 0 Å². The van der Waals surface area contributed by atoms with E-state index in [-0.39, 0.29) is 11.6 Å². The quantitative estimate of drug-likeness (QED) is 0.472. The number of carbonyl (C=O) groups excluding carboxylic acids is 1. The van der Waals surface area contributed by atoms with Gasteiger partial charge in [-0.1, -0.05) is 30.4 Å². The second-order valence-corrected chi connectivity index (χ2v) is 8.14. The van der Waals surface area contributed by atoms with E-state index in [9.17, 15) is 14.9 Å². The summed E-state index contributed by atoms with van der Waals surface area (Å²) in [5.74, 6) is 0.0939. The van der Waals surface area contributed by atoms with Gasteiger partial charge in [0.25, 0.3) is 11.6 Å². The van der Waals surface area contributed by atoms with Gasteiger partial charge in [-0.3, -0.25) is 19.3 Å². The number of imidazole rings is 1. The fraction of sp³-hybridized carbons (Fsp3) is 0.400. The topological polar surface area (TPSA) is 80.8 Å². The van der Waals surface area contributed by atoms with E-state index < -0.39 is 4.92 Å². The van der Waals surface area contributed by atoms with Crippen LogP contribution < -0.4 is 0 Å².